The van der Waals surface area contributed by atoms with Gasteiger partial charge in [0.25, 0.3) is 6.43 Å². The van der Waals surface area contributed by atoms with E-state index in [1.54, 1.807) is 0 Å². The van der Waals surface area contributed by atoms with Crippen LogP contribution in [0, 0.1) is 0 Å². The predicted molar refractivity (Wildman–Crippen MR) is 54.8 cm³/mol. The van der Waals surface area contributed by atoms with E-state index in [0.717, 1.165) is 12.8 Å². The third-order valence-electron chi connectivity index (χ3n) is 2.88. The Bertz CT molecular complexity index is 366. The fourth-order valence-corrected chi connectivity index (χ4v) is 1.56. The number of ether oxygens (including phenoxy) is 1. The van der Waals surface area contributed by atoms with Gasteiger partial charge in [0.05, 0.1) is 12.0 Å². The molecule has 1 aromatic rings. The van der Waals surface area contributed by atoms with Crippen LogP contribution < -0.4 is 5.73 Å². The van der Waals surface area contributed by atoms with Crippen molar-refractivity contribution in [3.8, 4) is 0 Å². The van der Waals surface area contributed by atoms with E-state index >= 15 is 0 Å². The van der Waals surface area contributed by atoms with Crippen LogP contribution in [-0.4, -0.2) is 36.3 Å². The molecular weight excluding hydrogens is 232 g/mol. The molecule has 1 fully saturated rings. The lowest BCUT2D eigenvalue weighted by atomic mass is 10.1. The predicted octanol–water partition coefficient (Wildman–Crippen LogP) is 0.884. The van der Waals surface area contributed by atoms with Crippen molar-refractivity contribution in [3.05, 3.63) is 11.7 Å². The molecule has 0 bridgehead atoms. The molecule has 0 unspecified atom stereocenters. The summed E-state index contributed by atoms with van der Waals surface area (Å²) in [5, 5.41) is 3.78. The fraction of sp³-hybridized carbons (Fsp3) is 0.800. The van der Waals surface area contributed by atoms with Crippen molar-refractivity contribution in [1.29, 1.82) is 0 Å². The van der Waals surface area contributed by atoms with E-state index in [9.17, 15) is 8.78 Å². The van der Waals surface area contributed by atoms with Gasteiger partial charge in [0, 0.05) is 13.0 Å². The standard InChI is InChI=1S/C10H15F2N3O2/c11-7(12)5-16-4-1-8-14-9(17-15-8)10(6-13)2-3-10/h7H,1-6,13H2. The van der Waals surface area contributed by atoms with E-state index in [1.807, 2.05) is 0 Å². The molecule has 1 aliphatic carbocycles. The molecule has 0 atom stereocenters. The number of alkyl halides is 2. The van der Waals surface area contributed by atoms with Gasteiger partial charge in [-0.2, -0.15) is 4.98 Å². The molecule has 17 heavy (non-hydrogen) atoms. The molecule has 2 N–H and O–H groups in total. The van der Waals surface area contributed by atoms with Crippen LogP contribution in [0.5, 0.6) is 0 Å². The Labute approximate surface area is 97.3 Å². The average Bonchev–Trinajstić information content (AvgIpc) is 2.97. The largest absolute Gasteiger partial charge is 0.375 e. The van der Waals surface area contributed by atoms with Gasteiger partial charge in [0.2, 0.25) is 5.89 Å². The van der Waals surface area contributed by atoms with Gasteiger partial charge in [-0.05, 0) is 12.8 Å². The van der Waals surface area contributed by atoms with Crippen molar-refractivity contribution in [2.75, 3.05) is 19.8 Å². The Balaban J connectivity index is 1.79. The highest BCUT2D eigenvalue weighted by atomic mass is 19.3. The molecule has 0 spiro atoms. The summed E-state index contributed by atoms with van der Waals surface area (Å²) >= 11 is 0. The van der Waals surface area contributed by atoms with Gasteiger partial charge in [-0.3, -0.25) is 0 Å². The van der Waals surface area contributed by atoms with Crippen molar-refractivity contribution in [1.82, 2.24) is 10.1 Å². The van der Waals surface area contributed by atoms with Crippen LogP contribution in [0.15, 0.2) is 4.52 Å². The van der Waals surface area contributed by atoms with E-state index in [0.29, 0.717) is 24.7 Å². The van der Waals surface area contributed by atoms with E-state index in [-0.39, 0.29) is 12.0 Å². The third kappa shape index (κ3) is 2.98. The molecule has 1 heterocycles. The summed E-state index contributed by atoms with van der Waals surface area (Å²) in [5.41, 5.74) is 5.50. The van der Waals surface area contributed by atoms with E-state index in [1.165, 1.54) is 0 Å². The molecule has 0 aliphatic heterocycles. The lowest BCUT2D eigenvalue weighted by molar-refractivity contribution is 0.0182. The van der Waals surface area contributed by atoms with Gasteiger partial charge < -0.3 is 15.0 Å². The molecule has 1 saturated carbocycles. The van der Waals surface area contributed by atoms with Gasteiger partial charge >= 0.3 is 0 Å². The first-order valence-electron chi connectivity index (χ1n) is 5.55. The second-order valence-electron chi connectivity index (χ2n) is 4.22. The summed E-state index contributed by atoms with van der Waals surface area (Å²) in [6.07, 6.45) is -0.139. The quantitative estimate of drug-likeness (QED) is 0.724. The zero-order valence-electron chi connectivity index (χ0n) is 9.36. The molecule has 5 nitrogen and oxygen atoms in total. The minimum absolute atomic E-state index is 0.130. The van der Waals surface area contributed by atoms with Crippen LogP contribution in [0.3, 0.4) is 0 Å². The highest BCUT2D eigenvalue weighted by Gasteiger charge is 2.48. The first-order valence-corrected chi connectivity index (χ1v) is 5.55. The Kier molecular flexibility index (Phi) is 3.68. The van der Waals surface area contributed by atoms with Crippen molar-refractivity contribution in [2.24, 2.45) is 5.73 Å². The van der Waals surface area contributed by atoms with Gasteiger partial charge in [0.15, 0.2) is 5.82 Å². The number of aromatic nitrogens is 2. The smallest absolute Gasteiger partial charge is 0.261 e. The maximum absolute atomic E-state index is 11.8. The summed E-state index contributed by atoms with van der Waals surface area (Å²) in [6.45, 7) is 0.104. The normalized spacial score (nSPS) is 17.6. The number of nitrogens with zero attached hydrogens (tertiary/aromatic N) is 2. The third-order valence-corrected chi connectivity index (χ3v) is 2.88. The van der Waals surface area contributed by atoms with Crippen molar-refractivity contribution in [2.45, 2.75) is 31.1 Å². The van der Waals surface area contributed by atoms with Crippen LogP contribution in [0.1, 0.15) is 24.6 Å². The SMILES string of the molecule is NCC1(c2nc(CCOCC(F)F)no2)CC1. The van der Waals surface area contributed by atoms with Gasteiger partial charge in [0.1, 0.15) is 6.61 Å². The van der Waals surface area contributed by atoms with Crippen molar-refractivity contribution >= 4 is 0 Å². The highest BCUT2D eigenvalue weighted by Crippen LogP contribution is 2.46. The second kappa shape index (κ2) is 5.05. The van der Waals surface area contributed by atoms with Crippen LogP contribution in [0.4, 0.5) is 8.78 Å². The lowest BCUT2D eigenvalue weighted by Crippen LogP contribution is -2.20. The fourth-order valence-electron chi connectivity index (χ4n) is 1.56. The van der Waals surface area contributed by atoms with Crippen LogP contribution in [-0.2, 0) is 16.6 Å². The van der Waals surface area contributed by atoms with Crippen LogP contribution >= 0.6 is 0 Å². The molecule has 0 aromatic carbocycles. The molecular formula is C10H15F2N3O2. The zero-order chi connectivity index (χ0) is 12.3. The Morgan fingerprint density at radius 1 is 1.47 bits per heavy atom. The first-order chi connectivity index (χ1) is 8.16. The van der Waals surface area contributed by atoms with Gasteiger partial charge in [-0.15, -0.1) is 0 Å². The van der Waals surface area contributed by atoms with Gasteiger partial charge in [-0.1, -0.05) is 5.16 Å². The molecule has 7 heteroatoms. The molecule has 2 rings (SSSR count). The van der Waals surface area contributed by atoms with E-state index in [2.05, 4.69) is 10.1 Å². The van der Waals surface area contributed by atoms with Gasteiger partial charge in [-0.25, -0.2) is 8.78 Å². The summed E-state index contributed by atoms with van der Waals surface area (Å²) in [4.78, 5) is 4.21. The summed E-state index contributed by atoms with van der Waals surface area (Å²) < 4.78 is 33.4. The maximum Gasteiger partial charge on any atom is 0.261 e. The molecule has 0 saturated heterocycles. The number of nitrogens with two attached hydrogens (primary N) is 1. The maximum atomic E-state index is 11.8. The molecule has 96 valence electrons. The minimum atomic E-state index is -2.44. The summed E-state index contributed by atoms with van der Waals surface area (Å²) in [5.74, 6) is 1.04. The summed E-state index contributed by atoms with van der Waals surface area (Å²) in [6, 6.07) is 0. The molecule has 0 radical (unpaired) electrons. The molecule has 1 aromatic heterocycles. The Hall–Kier alpha value is -1.08. The molecule has 0 amide bonds. The number of hydrogen-bond donors (Lipinski definition) is 1. The van der Waals surface area contributed by atoms with E-state index < -0.39 is 13.0 Å². The topological polar surface area (TPSA) is 74.2 Å². The number of halogens is 2. The van der Waals surface area contributed by atoms with Crippen molar-refractivity contribution < 1.29 is 18.0 Å². The average molecular weight is 247 g/mol. The number of hydrogen-bond acceptors (Lipinski definition) is 5. The Morgan fingerprint density at radius 3 is 2.82 bits per heavy atom. The lowest BCUT2D eigenvalue weighted by Gasteiger charge is -2.03. The number of rotatable bonds is 7. The van der Waals surface area contributed by atoms with E-state index in [4.69, 9.17) is 15.0 Å². The van der Waals surface area contributed by atoms with Crippen LogP contribution in [0.25, 0.3) is 0 Å². The zero-order valence-corrected chi connectivity index (χ0v) is 9.36. The molecule has 1 aliphatic rings. The summed E-state index contributed by atoms with van der Waals surface area (Å²) in [7, 11) is 0. The second-order valence-corrected chi connectivity index (χ2v) is 4.22. The van der Waals surface area contributed by atoms with Crippen molar-refractivity contribution in [3.63, 3.8) is 0 Å². The monoisotopic (exact) mass is 247 g/mol. The highest BCUT2D eigenvalue weighted by molar-refractivity contribution is 5.16. The first kappa shape index (κ1) is 12.4. The van der Waals surface area contributed by atoms with Crippen LogP contribution in [0.2, 0.25) is 0 Å². The minimum Gasteiger partial charge on any atom is -0.375 e. The Morgan fingerprint density at radius 2 is 2.24 bits per heavy atom.